The maximum absolute atomic E-state index is 5.52. The Morgan fingerprint density at radius 3 is 2.58 bits per heavy atom. The number of ether oxygens (including phenoxy) is 1. The maximum Gasteiger partial charge on any atom is 0.128 e. The molecule has 0 bridgehead atoms. The number of rotatable bonds is 3. The van der Waals surface area contributed by atoms with E-state index in [9.17, 15) is 0 Å². The Balaban J connectivity index is 1.41. The molecule has 2 fully saturated rings. The van der Waals surface area contributed by atoms with Crippen molar-refractivity contribution in [1.29, 1.82) is 0 Å². The molecule has 1 saturated heterocycles. The summed E-state index contributed by atoms with van der Waals surface area (Å²) in [5.74, 6) is 2.39. The van der Waals surface area contributed by atoms with Gasteiger partial charge in [-0.2, -0.15) is 0 Å². The lowest BCUT2D eigenvalue weighted by Gasteiger charge is -2.38. The van der Waals surface area contributed by atoms with E-state index in [4.69, 9.17) is 9.73 Å². The van der Waals surface area contributed by atoms with Crippen LogP contribution < -0.4 is 0 Å². The molecule has 3 aliphatic heterocycles. The number of hydrogen-bond donors (Lipinski definition) is 0. The lowest BCUT2D eigenvalue weighted by atomic mass is 9.83. The fourth-order valence-corrected chi connectivity index (χ4v) is 4.58. The average molecular weight is 329 g/mol. The quantitative estimate of drug-likeness (QED) is 0.784. The van der Waals surface area contributed by atoms with Crippen LogP contribution in [0.4, 0.5) is 0 Å². The zero-order valence-corrected chi connectivity index (χ0v) is 15.2. The van der Waals surface area contributed by atoms with Gasteiger partial charge in [0.25, 0.3) is 0 Å². The van der Waals surface area contributed by atoms with Gasteiger partial charge in [-0.25, -0.2) is 0 Å². The van der Waals surface area contributed by atoms with Gasteiger partial charge in [0.05, 0.1) is 5.70 Å². The van der Waals surface area contributed by atoms with Gasteiger partial charge in [0.15, 0.2) is 0 Å². The number of nitrogens with zero attached hydrogens (tertiary/aromatic N) is 3. The van der Waals surface area contributed by atoms with Crippen molar-refractivity contribution in [2.75, 3.05) is 19.8 Å². The van der Waals surface area contributed by atoms with Gasteiger partial charge < -0.3 is 14.5 Å². The minimum Gasteiger partial charge on any atom is -0.381 e. The van der Waals surface area contributed by atoms with Crippen LogP contribution in [0.15, 0.2) is 28.8 Å². The molecule has 4 aliphatic rings. The highest BCUT2D eigenvalue weighted by Gasteiger charge is 2.34. The van der Waals surface area contributed by atoms with Crippen LogP contribution in [0.25, 0.3) is 0 Å². The van der Waals surface area contributed by atoms with Crippen LogP contribution in [0, 0.1) is 17.8 Å². The fourth-order valence-electron chi connectivity index (χ4n) is 4.58. The van der Waals surface area contributed by atoms with Crippen LogP contribution in [0.2, 0.25) is 0 Å². The standard InChI is InChI=1S/C20H31N3O/c1-15-3-5-17(6-4-15)13-22-14-19-11-21-20(23(19)12-16(22)2)18-7-9-24-10-8-18/h11-12,14-15,17-18,20H,3-10,13H2,1-2H3. The topological polar surface area (TPSA) is 28.1 Å². The lowest BCUT2D eigenvalue weighted by Crippen LogP contribution is -2.38. The molecule has 24 heavy (non-hydrogen) atoms. The molecule has 1 aliphatic carbocycles. The van der Waals surface area contributed by atoms with E-state index in [2.05, 4.69) is 42.3 Å². The molecule has 0 aromatic rings. The zero-order valence-electron chi connectivity index (χ0n) is 15.2. The first-order valence-corrected chi connectivity index (χ1v) is 9.77. The summed E-state index contributed by atoms with van der Waals surface area (Å²) >= 11 is 0. The Kier molecular flexibility index (Phi) is 4.66. The van der Waals surface area contributed by atoms with Gasteiger partial charge in [0, 0.05) is 50.0 Å². The van der Waals surface area contributed by atoms with E-state index in [0.29, 0.717) is 5.92 Å². The van der Waals surface area contributed by atoms with Gasteiger partial charge in [0.2, 0.25) is 0 Å². The summed E-state index contributed by atoms with van der Waals surface area (Å²) in [6.07, 6.45) is 14.9. The van der Waals surface area contributed by atoms with Gasteiger partial charge in [-0.05, 0) is 44.4 Å². The molecule has 0 aromatic carbocycles. The summed E-state index contributed by atoms with van der Waals surface area (Å²) < 4.78 is 5.52. The molecule has 1 atom stereocenters. The first-order valence-electron chi connectivity index (χ1n) is 9.77. The highest BCUT2D eigenvalue weighted by molar-refractivity contribution is 5.81. The van der Waals surface area contributed by atoms with Crippen molar-refractivity contribution < 1.29 is 4.74 Å². The molecule has 0 amide bonds. The van der Waals surface area contributed by atoms with Gasteiger partial charge in [-0.3, -0.25) is 4.99 Å². The first-order chi connectivity index (χ1) is 11.7. The highest BCUT2D eigenvalue weighted by Crippen LogP contribution is 2.34. The highest BCUT2D eigenvalue weighted by atomic mass is 16.5. The molecule has 0 radical (unpaired) electrons. The maximum atomic E-state index is 5.52. The van der Waals surface area contributed by atoms with Crippen molar-refractivity contribution in [3.63, 3.8) is 0 Å². The number of allylic oxidation sites excluding steroid dienone is 2. The molecule has 3 heterocycles. The Labute approximate surface area is 146 Å². The number of fused-ring (bicyclic) bond motifs is 1. The SMILES string of the molecule is CC1=CN2C(=CN1CC1CCC(C)CC1)C=NC2C1CCOCC1. The van der Waals surface area contributed by atoms with E-state index < -0.39 is 0 Å². The molecule has 4 heteroatoms. The second-order valence-corrected chi connectivity index (χ2v) is 8.15. The minimum absolute atomic E-state index is 0.285. The van der Waals surface area contributed by atoms with Gasteiger partial charge >= 0.3 is 0 Å². The predicted octanol–water partition coefficient (Wildman–Crippen LogP) is 3.97. The molecule has 4 nitrogen and oxygen atoms in total. The molecular weight excluding hydrogens is 298 g/mol. The Bertz CT molecular complexity index is 539. The molecular formula is C20H31N3O. The van der Waals surface area contributed by atoms with E-state index in [1.165, 1.54) is 43.6 Å². The fraction of sp³-hybridized carbons (Fsp3) is 0.750. The summed E-state index contributed by atoms with van der Waals surface area (Å²) in [4.78, 5) is 9.69. The van der Waals surface area contributed by atoms with E-state index in [-0.39, 0.29) is 6.17 Å². The largest absolute Gasteiger partial charge is 0.381 e. The van der Waals surface area contributed by atoms with Crippen molar-refractivity contribution in [2.24, 2.45) is 22.7 Å². The Morgan fingerprint density at radius 2 is 1.83 bits per heavy atom. The van der Waals surface area contributed by atoms with E-state index in [0.717, 1.165) is 37.9 Å². The zero-order chi connectivity index (χ0) is 16.5. The second kappa shape index (κ2) is 6.91. The molecule has 0 N–H and O–H groups in total. The van der Waals surface area contributed by atoms with Crippen LogP contribution in [0.1, 0.15) is 52.4 Å². The third-order valence-electron chi connectivity index (χ3n) is 6.29. The van der Waals surface area contributed by atoms with E-state index >= 15 is 0 Å². The van der Waals surface area contributed by atoms with Crippen molar-refractivity contribution in [1.82, 2.24) is 9.80 Å². The van der Waals surface area contributed by atoms with E-state index in [1.54, 1.807) is 0 Å². The van der Waals surface area contributed by atoms with E-state index in [1.807, 2.05) is 0 Å². The number of hydrogen-bond acceptors (Lipinski definition) is 4. The van der Waals surface area contributed by atoms with Crippen LogP contribution in [0.3, 0.4) is 0 Å². The molecule has 0 spiro atoms. The van der Waals surface area contributed by atoms with Crippen LogP contribution >= 0.6 is 0 Å². The molecule has 1 unspecified atom stereocenters. The summed E-state index contributed by atoms with van der Waals surface area (Å²) in [7, 11) is 0. The second-order valence-electron chi connectivity index (χ2n) is 8.15. The Hall–Kier alpha value is -1.29. The van der Waals surface area contributed by atoms with Crippen molar-refractivity contribution >= 4 is 6.21 Å². The van der Waals surface area contributed by atoms with Crippen LogP contribution in [-0.2, 0) is 4.74 Å². The average Bonchev–Trinajstić information content (AvgIpc) is 3.00. The van der Waals surface area contributed by atoms with Gasteiger partial charge in [0.1, 0.15) is 6.17 Å². The predicted molar refractivity (Wildman–Crippen MR) is 97.3 cm³/mol. The minimum atomic E-state index is 0.285. The van der Waals surface area contributed by atoms with Crippen molar-refractivity contribution in [3.8, 4) is 0 Å². The summed E-state index contributed by atoms with van der Waals surface area (Å²) in [5.41, 5.74) is 2.63. The molecule has 4 rings (SSSR count). The van der Waals surface area contributed by atoms with Gasteiger partial charge in [-0.1, -0.05) is 19.8 Å². The van der Waals surface area contributed by atoms with Crippen LogP contribution in [-0.4, -0.2) is 41.9 Å². The number of aliphatic imine (C=N–C) groups is 1. The molecule has 132 valence electrons. The Morgan fingerprint density at radius 1 is 1.08 bits per heavy atom. The lowest BCUT2D eigenvalue weighted by molar-refractivity contribution is 0.0447. The van der Waals surface area contributed by atoms with Crippen molar-refractivity contribution in [3.05, 3.63) is 23.8 Å². The van der Waals surface area contributed by atoms with Crippen LogP contribution in [0.5, 0.6) is 0 Å². The summed E-state index contributed by atoms with van der Waals surface area (Å²) in [6.45, 7) is 7.59. The molecule has 1 saturated carbocycles. The summed E-state index contributed by atoms with van der Waals surface area (Å²) in [6, 6.07) is 0. The molecule has 0 aromatic heterocycles. The van der Waals surface area contributed by atoms with Gasteiger partial charge in [-0.15, -0.1) is 0 Å². The monoisotopic (exact) mass is 329 g/mol. The summed E-state index contributed by atoms with van der Waals surface area (Å²) in [5, 5.41) is 0. The van der Waals surface area contributed by atoms with Crippen molar-refractivity contribution in [2.45, 2.75) is 58.5 Å². The smallest absolute Gasteiger partial charge is 0.128 e. The third kappa shape index (κ3) is 3.26. The normalized spacial score (nSPS) is 34.2. The first kappa shape index (κ1) is 16.2. The third-order valence-corrected chi connectivity index (χ3v) is 6.29.